The second kappa shape index (κ2) is 7.01. The van der Waals surface area contributed by atoms with Crippen LogP contribution in [0.3, 0.4) is 0 Å². The fourth-order valence-electron chi connectivity index (χ4n) is 3.38. The summed E-state index contributed by atoms with van der Waals surface area (Å²) in [7, 11) is 0. The fraction of sp³-hybridized carbons (Fsp3) is 0.933. The molecule has 0 bridgehead atoms. The summed E-state index contributed by atoms with van der Waals surface area (Å²) in [6.45, 7) is 3.12. The van der Waals surface area contributed by atoms with Crippen molar-refractivity contribution in [3.63, 3.8) is 0 Å². The van der Waals surface area contributed by atoms with Gasteiger partial charge in [-0.1, -0.05) is 39.0 Å². The summed E-state index contributed by atoms with van der Waals surface area (Å²) < 4.78 is 0. The van der Waals surface area contributed by atoms with E-state index in [-0.39, 0.29) is 6.03 Å². The third-order valence-electron chi connectivity index (χ3n) is 4.70. The van der Waals surface area contributed by atoms with Crippen LogP contribution >= 0.6 is 0 Å². The molecule has 0 aliphatic heterocycles. The van der Waals surface area contributed by atoms with Gasteiger partial charge in [-0.2, -0.15) is 0 Å². The molecule has 0 aromatic heterocycles. The molecule has 0 heterocycles. The predicted octanol–water partition coefficient (Wildman–Crippen LogP) is 3.44. The summed E-state index contributed by atoms with van der Waals surface area (Å²) in [5.41, 5.74) is 0. The van der Waals surface area contributed by atoms with E-state index in [1.54, 1.807) is 0 Å². The second-order valence-corrected chi connectivity index (χ2v) is 6.23. The Balaban J connectivity index is 1.64. The second-order valence-electron chi connectivity index (χ2n) is 6.23. The average Bonchev–Trinajstić information content (AvgIpc) is 2.40. The molecule has 104 valence electrons. The zero-order valence-electron chi connectivity index (χ0n) is 11.7. The zero-order valence-corrected chi connectivity index (χ0v) is 11.7. The van der Waals surface area contributed by atoms with Crippen LogP contribution in [0.25, 0.3) is 0 Å². The van der Waals surface area contributed by atoms with Crippen molar-refractivity contribution in [2.45, 2.75) is 70.8 Å². The Labute approximate surface area is 111 Å². The van der Waals surface area contributed by atoms with Gasteiger partial charge in [-0.05, 0) is 37.5 Å². The van der Waals surface area contributed by atoms with Crippen LogP contribution in [0.2, 0.25) is 0 Å². The third-order valence-corrected chi connectivity index (χ3v) is 4.70. The molecule has 2 aliphatic carbocycles. The van der Waals surface area contributed by atoms with E-state index in [1.165, 1.54) is 51.4 Å². The lowest BCUT2D eigenvalue weighted by molar-refractivity contribution is 0.218. The normalized spacial score (nSPS) is 29.8. The van der Waals surface area contributed by atoms with Crippen molar-refractivity contribution in [2.75, 3.05) is 6.54 Å². The molecule has 2 atom stereocenters. The number of carbonyl (C=O) groups excluding carboxylic acids is 1. The molecule has 0 spiro atoms. The molecule has 2 unspecified atom stereocenters. The quantitative estimate of drug-likeness (QED) is 0.793. The zero-order chi connectivity index (χ0) is 12.8. The van der Waals surface area contributed by atoms with Crippen LogP contribution in [0.15, 0.2) is 0 Å². The lowest BCUT2D eigenvalue weighted by Gasteiger charge is -2.30. The van der Waals surface area contributed by atoms with E-state index in [1.807, 2.05) is 0 Å². The number of hydrogen-bond acceptors (Lipinski definition) is 1. The van der Waals surface area contributed by atoms with E-state index in [4.69, 9.17) is 0 Å². The van der Waals surface area contributed by atoms with Crippen molar-refractivity contribution in [1.29, 1.82) is 0 Å². The topological polar surface area (TPSA) is 41.1 Å². The first kappa shape index (κ1) is 13.7. The van der Waals surface area contributed by atoms with Crippen molar-refractivity contribution in [3.8, 4) is 0 Å². The smallest absolute Gasteiger partial charge is 0.315 e. The third kappa shape index (κ3) is 4.18. The van der Waals surface area contributed by atoms with Crippen LogP contribution < -0.4 is 10.6 Å². The number of amides is 2. The Morgan fingerprint density at radius 1 is 1.00 bits per heavy atom. The van der Waals surface area contributed by atoms with Gasteiger partial charge in [0.25, 0.3) is 0 Å². The maximum Gasteiger partial charge on any atom is 0.315 e. The van der Waals surface area contributed by atoms with Crippen LogP contribution in [0.5, 0.6) is 0 Å². The maximum absolute atomic E-state index is 11.9. The largest absolute Gasteiger partial charge is 0.338 e. The lowest BCUT2D eigenvalue weighted by Crippen LogP contribution is -2.47. The molecule has 0 aromatic rings. The van der Waals surface area contributed by atoms with E-state index < -0.39 is 0 Å². The minimum Gasteiger partial charge on any atom is -0.338 e. The highest BCUT2D eigenvalue weighted by Gasteiger charge is 2.23. The first-order valence-electron chi connectivity index (χ1n) is 7.80. The Kier molecular flexibility index (Phi) is 5.33. The SMILES string of the molecule is CC1CCCCC1NC(=O)NCC1CCCCC1. The van der Waals surface area contributed by atoms with Gasteiger partial charge in [0.2, 0.25) is 0 Å². The Morgan fingerprint density at radius 2 is 1.67 bits per heavy atom. The summed E-state index contributed by atoms with van der Waals surface area (Å²) in [5.74, 6) is 1.35. The van der Waals surface area contributed by atoms with E-state index in [0.29, 0.717) is 17.9 Å². The van der Waals surface area contributed by atoms with Crippen molar-refractivity contribution >= 4 is 6.03 Å². The molecule has 2 fully saturated rings. The highest BCUT2D eigenvalue weighted by molar-refractivity contribution is 5.74. The van der Waals surface area contributed by atoms with Crippen molar-refractivity contribution in [1.82, 2.24) is 10.6 Å². The van der Waals surface area contributed by atoms with Crippen LogP contribution in [-0.4, -0.2) is 18.6 Å². The first-order chi connectivity index (χ1) is 8.75. The van der Waals surface area contributed by atoms with Crippen LogP contribution in [0.4, 0.5) is 4.79 Å². The van der Waals surface area contributed by atoms with Gasteiger partial charge in [-0.25, -0.2) is 4.79 Å². The molecule has 18 heavy (non-hydrogen) atoms. The molecular weight excluding hydrogens is 224 g/mol. The van der Waals surface area contributed by atoms with Crippen LogP contribution in [0, 0.1) is 11.8 Å². The van der Waals surface area contributed by atoms with Gasteiger partial charge in [0, 0.05) is 12.6 Å². The number of hydrogen-bond donors (Lipinski definition) is 2. The number of urea groups is 1. The van der Waals surface area contributed by atoms with Crippen LogP contribution in [0.1, 0.15) is 64.7 Å². The minimum absolute atomic E-state index is 0.0549. The fourth-order valence-corrected chi connectivity index (χ4v) is 3.38. The van der Waals surface area contributed by atoms with E-state index in [2.05, 4.69) is 17.6 Å². The number of rotatable bonds is 3. The molecule has 2 N–H and O–H groups in total. The number of nitrogens with one attached hydrogen (secondary N) is 2. The monoisotopic (exact) mass is 252 g/mol. The molecule has 2 aliphatic rings. The summed E-state index contributed by atoms with van der Waals surface area (Å²) in [6.07, 6.45) is 11.6. The van der Waals surface area contributed by atoms with Gasteiger partial charge < -0.3 is 10.6 Å². The Bertz CT molecular complexity index is 261. The highest BCUT2D eigenvalue weighted by Crippen LogP contribution is 2.24. The summed E-state index contributed by atoms with van der Waals surface area (Å²) in [5, 5.41) is 6.23. The van der Waals surface area contributed by atoms with Crippen molar-refractivity contribution in [2.24, 2.45) is 11.8 Å². The molecule has 0 saturated heterocycles. The van der Waals surface area contributed by atoms with Crippen molar-refractivity contribution in [3.05, 3.63) is 0 Å². The van der Waals surface area contributed by atoms with Gasteiger partial charge in [-0.15, -0.1) is 0 Å². The Hall–Kier alpha value is -0.730. The minimum atomic E-state index is 0.0549. The molecule has 3 heteroatoms. The summed E-state index contributed by atoms with van der Waals surface area (Å²) in [6, 6.07) is 0.449. The van der Waals surface area contributed by atoms with Gasteiger partial charge in [0.1, 0.15) is 0 Å². The van der Waals surface area contributed by atoms with Gasteiger partial charge >= 0.3 is 6.03 Å². The Morgan fingerprint density at radius 3 is 2.39 bits per heavy atom. The highest BCUT2D eigenvalue weighted by atomic mass is 16.2. The average molecular weight is 252 g/mol. The number of carbonyl (C=O) groups is 1. The van der Waals surface area contributed by atoms with Crippen LogP contribution in [-0.2, 0) is 0 Å². The van der Waals surface area contributed by atoms with E-state index >= 15 is 0 Å². The van der Waals surface area contributed by atoms with Gasteiger partial charge in [-0.3, -0.25) is 0 Å². The van der Waals surface area contributed by atoms with Crippen molar-refractivity contribution < 1.29 is 4.79 Å². The summed E-state index contributed by atoms with van der Waals surface area (Å²) >= 11 is 0. The molecule has 0 aromatic carbocycles. The summed E-state index contributed by atoms with van der Waals surface area (Å²) in [4.78, 5) is 11.9. The molecule has 3 nitrogen and oxygen atoms in total. The van der Waals surface area contributed by atoms with E-state index in [9.17, 15) is 4.79 Å². The molecule has 2 rings (SSSR count). The molecule has 2 saturated carbocycles. The molecule has 2 amide bonds. The predicted molar refractivity (Wildman–Crippen MR) is 74.5 cm³/mol. The standard InChI is InChI=1S/C15H28N2O/c1-12-7-5-6-10-14(12)17-15(18)16-11-13-8-3-2-4-9-13/h12-14H,2-11H2,1H3,(H2,16,17,18). The maximum atomic E-state index is 11.9. The molecular formula is C15H28N2O. The first-order valence-corrected chi connectivity index (χ1v) is 7.80. The van der Waals surface area contributed by atoms with E-state index in [0.717, 1.165) is 13.0 Å². The lowest BCUT2D eigenvalue weighted by atomic mass is 9.86. The van der Waals surface area contributed by atoms with Gasteiger partial charge in [0.15, 0.2) is 0 Å². The molecule has 0 radical (unpaired) electrons. The van der Waals surface area contributed by atoms with Gasteiger partial charge in [0.05, 0.1) is 0 Å².